The number of hydrogen-bond acceptors (Lipinski definition) is 1. The zero-order valence-electron chi connectivity index (χ0n) is 11.0. The molecule has 3 saturated carbocycles. The van der Waals surface area contributed by atoms with Crippen LogP contribution in [-0.2, 0) is 4.79 Å². The molecule has 0 aromatic rings. The predicted molar refractivity (Wildman–Crippen MR) is 73.5 cm³/mol. The van der Waals surface area contributed by atoms with E-state index in [4.69, 9.17) is 11.6 Å². The minimum Gasteiger partial charge on any atom is -0.353 e. The normalized spacial score (nSPS) is 43.1. The average Bonchev–Trinajstić information content (AvgIpc) is 3.01. The fraction of sp³-hybridized carbons (Fsp3) is 0.933. The number of nitrogens with one attached hydrogen (secondary N) is 1. The summed E-state index contributed by atoms with van der Waals surface area (Å²) in [5.41, 5.74) is 0. The molecule has 0 heterocycles. The van der Waals surface area contributed by atoms with Gasteiger partial charge < -0.3 is 5.32 Å². The Morgan fingerprint density at radius 1 is 1.11 bits per heavy atom. The number of halogens is 1. The van der Waals surface area contributed by atoms with Gasteiger partial charge in [-0.3, -0.25) is 4.79 Å². The van der Waals surface area contributed by atoms with Crippen molar-refractivity contribution in [3.8, 4) is 0 Å². The van der Waals surface area contributed by atoms with Gasteiger partial charge in [-0.2, -0.15) is 0 Å². The van der Waals surface area contributed by atoms with Gasteiger partial charge in [-0.05, 0) is 49.9 Å². The first-order valence-corrected chi connectivity index (χ1v) is 8.17. The van der Waals surface area contributed by atoms with Crippen LogP contribution in [0.5, 0.6) is 0 Å². The molecule has 5 unspecified atom stereocenters. The van der Waals surface area contributed by atoms with Crippen molar-refractivity contribution in [1.82, 2.24) is 5.32 Å². The van der Waals surface area contributed by atoms with Crippen LogP contribution in [0, 0.1) is 23.7 Å². The molecule has 3 aliphatic carbocycles. The molecule has 3 fully saturated rings. The number of alkyl halides is 1. The van der Waals surface area contributed by atoms with Crippen LogP contribution in [-0.4, -0.2) is 17.8 Å². The third-order valence-electron chi connectivity index (χ3n) is 5.51. The standard InChI is InChI=1S/C15H24ClNO/c16-9-12-3-1-2-4-14(12)17-15(18)13-8-10-5-6-11(13)7-10/h10-14H,1-9H2,(H,17,18). The van der Waals surface area contributed by atoms with E-state index in [1.807, 2.05) is 0 Å². The SMILES string of the molecule is O=C(NC1CCCCC1CCl)C1CC2CCC1C2. The number of amides is 1. The van der Waals surface area contributed by atoms with Crippen LogP contribution in [0.25, 0.3) is 0 Å². The molecule has 1 amide bonds. The van der Waals surface area contributed by atoms with Crippen molar-refractivity contribution in [3.63, 3.8) is 0 Å². The molecule has 0 aromatic heterocycles. The molecule has 3 heteroatoms. The van der Waals surface area contributed by atoms with Crippen LogP contribution in [0.4, 0.5) is 0 Å². The van der Waals surface area contributed by atoms with E-state index >= 15 is 0 Å². The van der Waals surface area contributed by atoms with E-state index in [1.54, 1.807) is 0 Å². The molecule has 0 spiro atoms. The molecule has 0 saturated heterocycles. The van der Waals surface area contributed by atoms with Gasteiger partial charge in [-0.15, -0.1) is 11.6 Å². The highest BCUT2D eigenvalue weighted by molar-refractivity contribution is 6.18. The maximum atomic E-state index is 12.4. The first kappa shape index (κ1) is 12.8. The summed E-state index contributed by atoms with van der Waals surface area (Å²) in [6.07, 6.45) is 9.94. The van der Waals surface area contributed by atoms with Crippen LogP contribution >= 0.6 is 11.6 Å². The Bertz CT molecular complexity index is 320. The zero-order chi connectivity index (χ0) is 12.5. The van der Waals surface area contributed by atoms with Gasteiger partial charge in [0.25, 0.3) is 0 Å². The van der Waals surface area contributed by atoms with Crippen LogP contribution in [0.3, 0.4) is 0 Å². The Kier molecular flexibility index (Phi) is 3.83. The smallest absolute Gasteiger partial charge is 0.223 e. The van der Waals surface area contributed by atoms with Crippen LogP contribution in [0.15, 0.2) is 0 Å². The van der Waals surface area contributed by atoms with Gasteiger partial charge in [0.1, 0.15) is 0 Å². The Morgan fingerprint density at radius 3 is 2.61 bits per heavy atom. The molecule has 102 valence electrons. The van der Waals surface area contributed by atoms with E-state index in [0.29, 0.717) is 35.6 Å². The summed E-state index contributed by atoms with van der Waals surface area (Å²) >= 11 is 6.03. The van der Waals surface area contributed by atoms with Gasteiger partial charge in [0, 0.05) is 17.8 Å². The van der Waals surface area contributed by atoms with Crippen LogP contribution in [0.2, 0.25) is 0 Å². The predicted octanol–water partition coefficient (Wildman–Crippen LogP) is 3.34. The monoisotopic (exact) mass is 269 g/mol. The molecule has 2 nitrogen and oxygen atoms in total. The molecule has 0 aromatic carbocycles. The minimum absolute atomic E-state index is 0.321. The maximum Gasteiger partial charge on any atom is 0.223 e. The maximum absolute atomic E-state index is 12.4. The highest BCUT2D eigenvalue weighted by Gasteiger charge is 2.43. The second-order valence-electron chi connectivity index (χ2n) is 6.60. The highest BCUT2D eigenvalue weighted by Crippen LogP contribution is 2.48. The van der Waals surface area contributed by atoms with Gasteiger partial charge in [-0.25, -0.2) is 0 Å². The lowest BCUT2D eigenvalue weighted by molar-refractivity contribution is -0.127. The van der Waals surface area contributed by atoms with Gasteiger partial charge in [-0.1, -0.05) is 19.3 Å². The lowest BCUT2D eigenvalue weighted by Gasteiger charge is -2.32. The lowest BCUT2D eigenvalue weighted by Crippen LogP contribution is -2.46. The quantitative estimate of drug-likeness (QED) is 0.783. The highest BCUT2D eigenvalue weighted by atomic mass is 35.5. The molecule has 3 rings (SSSR count). The molecule has 0 aliphatic heterocycles. The molecular formula is C15H24ClNO. The van der Waals surface area contributed by atoms with E-state index in [1.165, 1.54) is 38.5 Å². The van der Waals surface area contributed by atoms with Gasteiger partial charge >= 0.3 is 0 Å². The second-order valence-corrected chi connectivity index (χ2v) is 6.90. The molecule has 1 N–H and O–H groups in total. The second kappa shape index (κ2) is 5.40. The number of carbonyl (C=O) groups excluding carboxylic acids is 1. The zero-order valence-corrected chi connectivity index (χ0v) is 11.8. The average molecular weight is 270 g/mol. The van der Waals surface area contributed by atoms with Gasteiger partial charge in [0.05, 0.1) is 0 Å². The van der Waals surface area contributed by atoms with E-state index in [9.17, 15) is 4.79 Å². The van der Waals surface area contributed by atoms with Crippen molar-refractivity contribution in [2.45, 2.75) is 57.4 Å². The van der Waals surface area contributed by atoms with Crippen molar-refractivity contribution < 1.29 is 4.79 Å². The number of hydrogen-bond donors (Lipinski definition) is 1. The van der Waals surface area contributed by atoms with Gasteiger partial charge in [0.2, 0.25) is 5.91 Å². The summed E-state index contributed by atoms with van der Waals surface area (Å²) in [5, 5.41) is 3.32. The third-order valence-corrected chi connectivity index (χ3v) is 5.91. The Labute approximate surface area is 115 Å². The van der Waals surface area contributed by atoms with Crippen molar-refractivity contribution in [2.24, 2.45) is 23.7 Å². The topological polar surface area (TPSA) is 29.1 Å². The molecule has 3 aliphatic rings. The summed E-state index contributed by atoms with van der Waals surface area (Å²) in [6, 6.07) is 0.350. The van der Waals surface area contributed by atoms with Crippen LogP contribution < -0.4 is 5.32 Å². The minimum atomic E-state index is 0.321. The number of rotatable bonds is 3. The summed E-state index contributed by atoms with van der Waals surface area (Å²) in [4.78, 5) is 12.4. The fourth-order valence-electron chi connectivity index (χ4n) is 4.44. The van der Waals surface area contributed by atoms with E-state index in [0.717, 1.165) is 18.8 Å². The first-order chi connectivity index (χ1) is 8.78. The summed E-state index contributed by atoms with van der Waals surface area (Å²) < 4.78 is 0. The van der Waals surface area contributed by atoms with Crippen molar-refractivity contribution in [1.29, 1.82) is 0 Å². The number of fused-ring (bicyclic) bond motifs is 2. The van der Waals surface area contributed by atoms with Crippen LogP contribution in [0.1, 0.15) is 51.4 Å². The fourth-order valence-corrected chi connectivity index (χ4v) is 4.81. The van der Waals surface area contributed by atoms with Crippen molar-refractivity contribution >= 4 is 17.5 Å². The first-order valence-electron chi connectivity index (χ1n) is 7.64. The van der Waals surface area contributed by atoms with E-state index in [2.05, 4.69) is 5.32 Å². The molecule has 18 heavy (non-hydrogen) atoms. The largest absolute Gasteiger partial charge is 0.353 e. The van der Waals surface area contributed by atoms with Crippen molar-refractivity contribution in [2.75, 3.05) is 5.88 Å². The Balaban J connectivity index is 1.56. The Hall–Kier alpha value is -0.240. The molecule has 0 radical (unpaired) electrons. The third kappa shape index (κ3) is 2.41. The Morgan fingerprint density at radius 2 is 1.94 bits per heavy atom. The molecule has 2 bridgehead atoms. The summed E-state index contributed by atoms with van der Waals surface area (Å²) in [6.45, 7) is 0. The van der Waals surface area contributed by atoms with Gasteiger partial charge in [0.15, 0.2) is 0 Å². The lowest BCUT2D eigenvalue weighted by atomic mass is 9.84. The molecular weight excluding hydrogens is 246 g/mol. The molecule has 5 atom stereocenters. The van der Waals surface area contributed by atoms with E-state index in [-0.39, 0.29) is 0 Å². The van der Waals surface area contributed by atoms with Crippen molar-refractivity contribution in [3.05, 3.63) is 0 Å². The number of carbonyl (C=O) groups is 1. The van der Waals surface area contributed by atoms with E-state index < -0.39 is 0 Å². The summed E-state index contributed by atoms with van der Waals surface area (Å²) in [5.74, 6) is 3.39. The summed E-state index contributed by atoms with van der Waals surface area (Å²) in [7, 11) is 0.